The van der Waals surface area contributed by atoms with Gasteiger partial charge in [-0.05, 0) is 49.9 Å². The fourth-order valence-corrected chi connectivity index (χ4v) is 5.23. The molecular formula is C28H34F3N5O3. The lowest BCUT2D eigenvalue weighted by Gasteiger charge is -2.41. The van der Waals surface area contributed by atoms with Crippen molar-refractivity contribution in [2.45, 2.75) is 50.7 Å². The Morgan fingerprint density at radius 2 is 1.87 bits per heavy atom. The summed E-state index contributed by atoms with van der Waals surface area (Å²) in [5.41, 5.74) is 0.836. The molecule has 1 atom stereocenters. The molecular weight excluding hydrogens is 511 g/mol. The van der Waals surface area contributed by atoms with E-state index in [9.17, 15) is 28.3 Å². The van der Waals surface area contributed by atoms with Gasteiger partial charge >= 0.3 is 12.4 Å². The number of nitrogens with one attached hydrogen (secondary N) is 1. The number of urea groups is 1. The number of ether oxygens (including phenoxy) is 1. The predicted molar refractivity (Wildman–Crippen MR) is 140 cm³/mol. The van der Waals surface area contributed by atoms with Crippen molar-refractivity contribution in [2.75, 3.05) is 44.2 Å². The predicted octanol–water partition coefficient (Wildman–Crippen LogP) is 4.09. The summed E-state index contributed by atoms with van der Waals surface area (Å²) < 4.78 is 41.7. The molecule has 2 aliphatic heterocycles. The van der Waals surface area contributed by atoms with Crippen molar-refractivity contribution >= 4 is 11.7 Å². The second-order valence-electron chi connectivity index (χ2n) is 10.3. The number of hydrogen-bond donors (Lipinski definition) is 2. The van der Waals surface area contributed by atoms with Crippen molar-refractivity contribution in [3.8, 4) is 11.8 Å². The van der Waals surface area contributed by atoms with E-state index in [2.05, 4.69) is 27.1 Å². The van der Waals surface area contributed by atoms with Gasteiger partial charge in [-0.2, -0.15) is 5.26 Å². The van der Waals surface area contributed by atoms with Crippen LogP contribution in [0.15, 0.2) is 48.5 Å². The zero-order chi connectivity index (χ0) is 28.0. The topological polar surface area (TPSA) is 92.1 Å². The SMILES string of the molecule is C[C@@H]1CN(c2ccc(OC(F)(F)F)c(C#N)c2)CCN1C(=O)NCCC1(O)CCN(Cc2ccccc2)CC1. The molecule has 39 heavy (non-hydrogen) atoms. The molecule has 0 aromatic heterocycles. The fourth-order valence-electron chi connectivity index (χ4n) is 5.23. The minimum absolute atomic E-state index is 0.167. The molecule has 2 fully saturated rings. The van der Waals surface area contributed by atoms with Crippen LogP contribution in [0.5, 0.6) is 5.75 Å². The zero-order valence-electron chi connectivity index (χ0n) is 22.0. The fraction of sp³-hybridized carbons (Fsp3) is 0.500. The number of carbonyl (C=O) groups is 1. The van der Waals surface area contributed by atoms with Gasteiger partial charge in [0.2, 0.25) is 0 Å². The third kappa shape index (κ3) is 7.77. The van der Waals surface area contributed by atoms with Crippen LogP contribution in [0.2, 0.25) is 0 Å². The molecule has 0 radical (unpaired) electrons. The van der Waals surface area contributed by atoms with E-state index in [-0.39, 0.29) is 17.6 Å². The van der Waals surface area contributed by atoms with E-state index in [4.69, 9.17) is 0 Å². The van der Waals surface area contributed by atoms with Crippen LogP contribution in [0.3, 0.4) is 0 Å². The Bertz CT molecular complexity index is 1160. The van der Waals surface area contributed by atoms with Gasteiger partial charge < -0.3 is 25.0 Å². The summed E-state index contributed by atoms with van der Waals surface area (Å²) in [5, 5.41) is 23.2. The normalized spacial score (nSPS) is 19.8. The monoisotopic (exact) mass is 545 g/mol. The highest BCUT2D eigenvalue weighted by Crippen LogP contribution is 2.31. The third-order valence-electron chi connectivity index (χ3n) is 7.47. The minimum atomic E-state index is -4.88. The average molecular weight is 546 g/mol. The second kappa shape index (κ2) is 12.1. The van der Waals surface area contributed by atoms with Crippen molar-refractivity contribution in [1.29, 1.82) is 5.26 Å². The van der Waals surface area contributed by atoms with Gasteiger partial charge in [-0.3, -0.25) is 4.90 Å². The molecule has 4 rings (SSSR count). The Morgan fingerprint density at radius 3 is 2.51 bits per heavy atom. The number of halogens is 3. The van der Waals surface area contributed by atoms with Gasteiger partial charge in [-0.15, -0.1) is 13.2 Å². The van der Waals surface area contributed by atoms with Crippen molar-refractivity contribution in [2.24, 2.45) is 0 Å². The molecule has 11 heteroatoms. The lowest BCUT2D eigenvalue weighted by atomic mass is 9.88. The van der Waals surface area contributed by atoms with Gasteiger partial charge in [0.05, 0.1) is 11.2 Å². The number of piperidine rings is 1. The summed E-state index contributed by atoms with van der Waals surface area (Å²) in [7, 11) is 0. The molecule has 8 nitrogen and oxygen atoms in total. The molecule has 2 amide bonds. The van der Waals surface area contributed by atoms with E-state index < -0.39 is 17.7 Å². The van der Waals surface area contributed by atoms with E-state index in [1.54, 1.807) is 11.0 Å². The van der Waals surface area contributed by atoms with Crippen LogP contribution in [-0.2, 0) is 6.54 Å². The first-order valence-corrected chi connectivity index (χ1v) is 13.1. The smallest absolute Gasteiger partial charge is 0.404 e. The third-order valence-corrected chi connectivity index (χ3v) is 7.47. The largest absolute Gasteiger partial charge is 0.573 e. The molecule has 2 aromatic carbocycles. The average Bonchev–Trinajstić information content (AvgIpc) is 2.90. The molecule has 2 saturated heterocycles. The van der Waals surface area contributed by atoms with Crippen molar-refractivity contribution in [3.63, 3.8) is 0 Å². The van der Waals surface area contributed by atoms with E-state index in [0.717, 1.165) is 25.7 Å². The van der Waals surface area contributed by atoms with Gasteiger partial charge in [0.25, 0.3) is 0 Å². The van der Waals surface area contributed by atoms with Crippen molar-refractivity contribution < 1.29 is 27.8 Å². The summed E-state index contributed by atoms with van der Waals surface area (Å²) in [6.45, 7) is 6.06. The van der Waals surface area contributed by atoms with Crippen LogP contribution in [0.1, 0.15) is 37.3 Å². The molecule has 0 unspecified atom stereocenters. The number of hydrogen-bond acceptors (Lipinski definition) is 6. The Hall–Kier alpha value is -3.49. The number of piperazine rings is 1. The van der Waals surface area contributed by atoms with Crippen molar-refractivity contribution in [1.82, 2.24) is 15.1 Å². The number of alkyl halides is 3. The molecule has 210 valence electrons. The zero-order valence-corrected chi connectivity index (χ0v) is 22.0. The number of anilines is 1. The van der Waals surface area contributed by atoms with Crippen LogP contribution in [0.25, 0.3) is 0 Å². The highest BCUT2D eigenvalue weighted by atomic mass is 19.4. The van der Waals surface area contributed by atoms with Crippen molar-refractivity contribution in [3.05, 3.63) is 59.7 Å². The Kier molecular flexibility index (Phi) is 8.87. The van der Waals surface area contributed by atoms with Gasteiger partial charge in [0.15, 0.2) is 0 Å². The Balaban J connectivity index is 1.22. The lowest BCUT2D eigenvalue weighted by molar-refractivity contribution is -0.274. The minimum Gasteiger partial charge on any atom is -0.404 e. The molecule has 0 bridgehead atoms. The van der Waals surface area contributed by atoms with Crippen LogP contribution in [-0.4, -0.2) is 78.2 Å². The standard InChI is InChI=1S/C28H34F3N5O3/c1-21-19-35(24-7-8-25(23(17-24)18-32)39-28(29,30)31)15-16-36(21)26(37)33-12-9-27(38)10-13-34(14-11-27)20-22-5-3-2-4-6-22/h2-8,17,21,38H,9-16,19-20H2,1H3,(H,33,37)/t21-/m1/s1. The molecule has 0 spiro atoms. The molecule has 2 aliphatic rings. The van der Waals surface area contributed by atoms with E-state index in [1.165, 1.54) is 17.7 Å². The summed E-state index contributed by atoms with van der Waals surface area (Å²) in [4.78, 5) is 18.9. The number of carbonyl (C=O) groups excluding carboxylic acids is 1. The van der Waals surface area contributed by atoms with Crippen LogP contribution >= 0.6 is 0 Å². The molecule has 2 aromatic rings. The summed E-state index contributed by atoms with van der Waals surface area (Å²) in [6, 6.07) is 15.6. The van der Waals surface area contributed by atoms with Crippen LogP contribution in [0.4, 0.5) is 23.7 Å². The number of rotatable bonds is 7. The maximum absolute atomic E-state index is 12.9. The molecule has 0 saturated carbocycles. The van der Waals surface area contributed by atoms with Gasteiger partial charge in [-0.1, -0.05) is 30.3 Å². The number of aliphatic hydroxyl groups is 1. The molecule has 2 heterocycles. The number of nitriles is 1. The van der Waals surface area contributed by atoms with Gasteiger partial charge in [-0.25, -0.2) is 4.79 Å². The quantitative estimate of drug-likeness (QED) is 0.545. The first-order chi connectivity index (χ1) is 18.5. The number of amides is 2. The first kappa shape index (κ1) is 28.5. The van der Waals surface area contributed by atoms with Crippen LogP contribution in [0, 0.1) is 11.3 Å². The van der Waals surface area contributed by atoms with Gasteiger partial charge in [0.1, 0.15) is 11.8 Å². The summed E-state index contributed by atoms with van der Waals surface area (Å²) >= 11 is 0. The number of likely N-dealkylation sites (tertiary alicyclic amines) is 1. The first-order valence-electron chi connectivity index (χ1n) is 13.1. The van der Waals surface area contributed by atoms with E-state index in [1.807, 2.05) is 30.0 Å². The Morgan fingerprint density at radius 1 is 1.15 bits per heavy atom. The van der Waals surface area contributed by atoms with E-state index >= 15 is 0 Å². The second-order valence-corrected chi connectivity index (χ2v) is 10.3. The highest BCUT2D eigenvalue weighted by molar-refractivity contribution is 5.75. The summed E-state index contributed by atoms with van der Waals surface area (Å²) in [6.07, 6.45) is -3.09. The summed E-state index contributed by atoms with van der Waals surface area (Å²) in [5.74, 6) is -0.539. The molecule has 2 N–H and O–H groups in total. The number of benzene rings is 2. The van der Waals surface area contributed by atoms with Crippen LogP contribution < -0.4 is 15.0 Å². The number of nitrogens with zero attached hydrogens (tertiary/aromatic N) is 4. The Labute approximate surface area is 226 Å². The maximum Gasteiger partial charge on any atom is 0.573 e. The van der Waals surface area contributed by atoms with E-state index in [0.29, 0.717) is 51.1 Å². The maximum atomic E-state index is 12.9. The molecule has 0 aliphatic carbocycles. The lowest BCUT2D eigenvalue weighted by Crippen LogP contribution is -2.57. The highest BCUT2D eigenvalue weighted by Gasteiger charge is 2.34. The van der Waals surface area contributed by atoms with Gasteiger partial charge in [0, 0.05) is 57.5 Å².